The number of carbonyl (C=O) groups is 1. The van der Waals surface area contributed by atoms with Crippen LogP contribution in [-0.2, 0) is 0 Å². The van der Waals surface area contributed by atoms with Crippen LogP contribution in [-0.4, -0.2) is 40.2 Å². The molecule has 0 aliphatic heterocycles. The number of hydrogen-bond donors (Lipinski definition) is 1. The normalized spacial score (nSPS) is 10.2. The zero-order chi connectivity index (χ0) is 13.8. The molecule has 1 amide bonds. The first-order chi connectivity index (χ1) is 9.06. The third-order valence-corrected chi connectivity index (χ3v) is 3.26. The van der Waals surface area contributed by atoms with Crippen molar-refractivity contribution >= 4 is 17.7 Å². The second-order valence-electron chi connectivity index (χ2n) is 4.05. The Labute approximate surface area is 115 Å². The van der Waals surface area contributed by atoms with Gasteiger partial charge in [0.2, 0.25) is 0 Å². The zero-order valence-electron chi connectivity index (χ0n) is 10.6. The predicted molar refractivity (Wildman–Crippen MR) is 72.3 cm³/mol. The van der Waals surface area contributed by atoms with Crippen molar-refractivity contribution in [1.29, 1.82) is 0 Å². The minimum Gasteiger partial charge on any atom is -0.508 e. The lowest BCUT2D eigenvalue weighted by Gasteiger charge is -2.08. The van der Waals surface area contributed by atoms with Crippen LogP contribution in [0.4, 0.5) is 0 Å². The Bertz CT molecular complexity index is 567. The van der Waals surface area contributed by atoms with Crippen molar-refractivity contribution in [3.63, 3.8) is 0 Å². The van der Waals surface area contributed by atoms with Gasteiger partial charge < -0.3 is 10.0 Å². The van der Waals surface area contributed by atoms with Crippen molar-refractivity contribution in [3.05, 3.63) is 42.1 Å². The molecule has 0 atom stereocenters. The van der Waals surface area contributed by atoms with E-state index >= 15 is 0 Å². The quantitative estimate of drug-likeness (QED) is 0.928. The average molecular weight is 275 g/mol. The van der Waals surface area contributed by atoms with Crippen LogP contribution >= 0.6 is 11.8 Å². The van der Waals surface area contributed by atoms with E-state index in [9.17, 15) is 9.90 Å². The van der Waals surface area contributed by atoms with E-state index in [2.05, 4.69) is 10.2 Å². The molecule has 6 heteroatoms. The highest BCUT2D eigenvalue weighted by atomic mass is 32.2. The van der Waals surface area contributed by atoms with Crippen LogP contribution in [0.3, 0.4) is 0 Å². The van der Waals surface area contributed by atoms with Crippen molar-refractivity contribution in [3.8, 4) is 5.75 Å². The monoisotopic (exact) mass is 275 g/mol. The average Bonchev–Trinajstić information content (AvgIpc) is 2.41. The summed E-state index contributed by atoms with van der Waals surface area (Å²) in [7, 11) is 3.34. The van der Waals surface area contributed by atoms with Crippen molar-refractivity contribution in [2.75, 3.05) is 14.1 Å². The highest BCUT2D eigenvalue weighted by Gasteiger charge is 2.10. The first-order valence-electron chi connectivity index (χ1n) is 5.58. The molecule has 2 rings (SSSR count). The highest BCUT2D eigenvalue weighted by Crippen LogP contribution is 2.26. The van der Waals surface area contributed by atoms with Crippen molar-refractivity contribution < 1.29 is 9.90 Å². The molecule has 0 unspecified atom stereocenters. The van der Waals surface area contributed by atoms with Gasteiger partial charge in [-0.25, -0.2) is 0 Å². The zero-order valence-corrected chi connectivity index (χ0v) is 11.4. The van der Waals surface area contributed by atoms with E-state index in [0.29, 0.717) is 10.7 Å². The summed E-state index contributed by atoms with van der Waals surface area (Å²) < 4.78 is 0. The van der Waals surface area contributed by atoms with E-state index < -0.39 is 0 Å². The number of benzene rings is 1. The molecular weight excluding hydrogens is 262 g/mol. The summed E-state index contributed by atoms with van der Waals surface area (Å²) in [5.41, 5.74) is 0.319. The van der Waals surface area contributed by atoms with Gasteiger partial charge in [-0.2, -0.15) is 0 Å². The number of phenols is 1. The molecule has 1 heterocycles. The Morgan fingerprint density at radius 2 is 1.79 bits per heavy atom. The van der Waals surface area contributed by atoms with E-state index in [1.165, 1.54) is 16.7 Å². The van der Waals surface area contributed by atoms with Gasteiger partial charge in [0.15, 0.2) is 5.69 Å². The Morgan fingerprint density at radius 1 is 1.11 bits per heavy atom. The molecule has 19 heavy (non-hydrogen) atoms. The Hall–Kier alpha value is -2.08. The molecule has 0 saturated heterocycles. The first-order valence-corrected chi connectivity index (χ1v) is 6.40. The molecule has 1 aromatic carbocycles. The highest BCUT2D eigenvalue weighted by molar-refractivity contribution is 7.99. The largest absolute Gasteiger partial charge is 0.508 e. The molecule has 1 N–H and O–H groups in total. The maximum absolute atomic E-state index is 11.6. The van der Waals surface area contributed by atoms with Crippen molar-refractivity contribution in [2.24, 2.45) is 0 Å². The standard InChI is InChI=1S/C13H13N3O2S/c1-16(2)13(18)11-7-8-12(15-14-11)19-10-5-3-9(17)4-6-10/h3-8,17H,1-2H3. The lowest BCUT2D eigenvalue weighted by molar-refractivity contribution is 0.0820. The van der Waals surface area contributed by atoms with Crippen LogP contribution in [0.1, 0.15) is 10.5 Å². The molecule has 98 valence electrons. The Morgan fingerprint density at radius 3 is 2.32 bits per heavy atom. The summed E-state index contributed by atoms with van der Waals surface area (Å²) in [5.74, 6) is 0.0519. The lowest BCUT2D eigenvalue weighted by Crippen LogP contribution is -2.23. The molecule has 0 spiro atoms. The predicted octanol–water partition coefficient (Wildman–Crippen LogP) is 2.04. The number of aromatic hydroxyl groups is 1. The van der Waals surface area contributed by atoms with E-state index in [4.69, 9.17) is 0 Å². The second kappa shape index (κ2) is 5.71. The molecule has 0 fully saturated rings. The van der Waals surface area contributed by atoms with Crippen LogP contribution in [0.15, 0.2) is 46.3 Å². The lowest BCUT2D eigenvalue weighted by atomic mass is 10.3. The summed E-state index contributed by atoms with van der Waals surface area (Å²) in [4.78, 5) is 14.0. The van der Waals surface area contributed by atoms with Gasteiger partial charge >= 0.3 is 0 Å². The van der Waals surface area contributed by atoms with Gasteiger partial charge in [0, 0.05) is 19.0 Å². The summed E-state index contributed by atoms with van der Waals surface area (Å²) in [6, 6.07) is 10.2. The van der Waals surface area contributed by atoms with Crippen LogP contribution in [0.2, 0.25) is 0 Å². The second-order valence-corrected chi connectivity index (χ2v) is 5.15. The van der Waals surface area contributed by atoms with Crippen LogP contribution < -0.4 is 0 Å². The third kappa shape index (κ3) is 3.45. The van der Waals surface area contributed by atoms with E-state index in [0.717, 1.165) is 4.90 Å². The minimum atomic E-state index is -0.173. The van der Waals surface area contributed by atoms with Gasteiger partial charge in [-0.05, 0) is 36.4 Å². The minimum absolute atomic E-state index is 0.173. The molecule has 0 saturated carbocycles. The van der Waals surface area contributed by atoms with Crippen LogP contribution in [0.5, 0.6) is 5.75 Å². The molecule has 0 bridgehead atoms. The fourth-order valence-corrected chi connectivity index (χ4v) is 2.08. The summed E-state index contributed by atoms with van der Waals surface area (Å²) in [5, 5.41) is 17.8. The van der Waals surface area contributed by atoms with Crippen LogP contribution in [0.25, 0.3) is 0 Å². The van der Waals surface area contributed by atoms with Gasteiger partial charge in [-0.15, -0.1) is 10.2 Å². The van der Waals surface area contributed by atoms with Gasteiger partial charge in [-0.3, -0.25) is 4.79 Å². The maximum atomic E-state index is 11.6. The topological polar surface area (TPSA) is 66.3 Å². The number of aromatic nitrogens is 2. The fourth-order valence-electron chi connectivity index (χ4n) is 1.35. The first kappa shape index (κ1) is 13.4. The maximum Gasteiger partial charge on any atom is 0.273 e. The molecule has 2 aromatic rings. The van der Waals surface area contributed by atoms with Gasteiger partial charge in [0.05, 0.1) is 0 Å². The summed E-state index contributed by atoms with van der Waals surface area (Å²) in [6.07, 6.45) is 0. The number of amides is 1. The number of rotatable bonds is 3. The van der Waals surface area contributed by atoms with Crippen LogP contribution in [0, 0.1) is 0 Å². The van der Waals surface area contributed by atoms with E-state index in [-0.39, 0.29) is 11.7 Å². The SMILES string of the molecule is CN(C)C(=O)c1ccc(Sc2ccc(O)cc2)nn1. The molecule has 1 aromatic heterocycles. The Balaban J connectivity index is 2.10. The number of hydrogen-bond acceptors (Lipinski definition) is 5. The van der Waals surface area contributed by atoms with Crippen molar-refractivity contribution in [1.82, 2.24) is 15.1 Å². The molecule has 0 radical (unpaired) electrons. The smallest absolute Gasteiger partial charge is 0.273 e. The van der Waals surface area contributed by atoms with Crippen molar-refractivity contribution in [2.45, 2.75) is 9.92 Å². The number of phenolic OH excluding ortho intramolecular Hbond substituents is 1. The van der Waals surface area contributed by atoms with Gasteiger partial charge in [-0.1, -0.05) is 11.8 Å². The van der Waals surface area contributed by atoms with Gasteiger partial charge in [0.25, 0.3) is 5.91 Å². The summed E-state index contributed by atoms with van der Waals surface area (Å²) >= 11 is 1.42. The summed E-state index contributed by atoms with van der Waals surface area (Å²) in [6.45, 7) is 0. The fraction of sp³-hybridized carbons (Fsp3) is 0.154. The van der Waals surface area contributed by atoms with E-state index in [1.54, 1.807) is 50.5 Å². The van der Waals surface area contributed by atoms with Gasteiger partial charge in [0.1, 0.15) is 10.8 Å². The number of nitrogens with zero attached hydrogens (tertiary/aromatic N) is 3. The van der Waals surface area contributed by atoms with E-state index in [1.807, 2.05) is 0 Å². The number of carbonyl (C=O) groups excluding carboxylic acids is 1. The third-order valence-electron chi connectivity index (χ3n) is 2.32. The Kier molecular flexibility index (Phi) is 4.01. The molecule has 0 aliphatic rings. The molecule has 5 nitrogen and oxygen atoms in total. The molecule has 0 aliphatic carbocycles. The molecular formula is C13H13N3O2S.